The molecule has 4 nitrogen and oxygen atoms in total. The topological polar surface area (TPSA) is 71.9 Å². The first kappa shape index (κ1) is 13.4. The molecule has 1 aromatic rings. The predicted octanol–water partition coefficient (Wildman–Crippen LogP) is 2.48. The van der Waals surface area contributed by atoms with Crippen molar-refractivity contribution >= 4 is 0 Å². The molecule has 4 heteroatoms. The molecule has 1 aromatic heterocycles. The molecule has 0 amide bonds. The van der Waals surface area contributed by atoms with E-state index in [9.17, 15) is 5.26 Å². The average Bonchev–Trinajstić information content (AvgIpc) is 2.92. The van der Waals surface area contributed by atoms with Crippen molar-refractivity contribution in [3.05, 3.63) is 22.9 Å². The molecule has 1 saturated carbocycles. The maximum absolute atomic E-state index is 9.25. The third kappa shape index (κ3) is 2.64. The van der Waals surface area contributed by atoms with Gasteiger partial charge in [-0.05, 0) is 43.7 Å². The molecule has 0 aliphatic heterocycles. The number of ether oxygens (including phenoxy) is 1. The summed E-state index contributed by atoms with van der Waals surface area (Å²) in [5.74, 6) is 0.476. The molecule has 2 N–H and O–H groups in total. The van der Waals surface area contributed by atoms with E-state index >= 15 is 0 Å². The molecule has 106 valence electrons. The molecular formula is C16H21N3O. The maximum atomic E-state index is 9.25. The van der Waals surface area contributed by atoms with Crippen LogP contribution in [0.3, 0.4) is 0 Å². The second kappa shape index (κ2) is 5.41. The second-order valence-corrected chi connectivity index (χ2v) is 6.12. The molecular weight excluding hydrogens is 250 g/mol. The van der Waals surface area contributed by atoms with Crippen molar-refractivity contribution in [2.75, 3.05) is 6.61 Å². The van der Waals surface area contributed by atoms with Crippen molar-refractivity contribution in [2.24, 2.45) is 5.73 Å². The molecule has 2 aliphatic rings. The van der Waals surface area contributed by atoms with Crippen LogP contribution in [0.5, 0.6) is 5.88 Å². The fraction of sp³-hybridized carbons (Fsp3) is 0.625. The lowest BCUT2D eigenvalue weighted by Gasteiger charge is -2.32. The number of nitriles is 1. The van der Waals surface area contributed by atoms with Gasteiger partial charge in [0.15, 0.2) is 0 Å². The summed E-state index contributed by atoms with van der Waals surface area (Å²) < 4.78 is 5.84. The molecule has 2 aliphatic carbocycles. The van der Waals surface area contributed by atoms with Crippen LogP contribution < -0.4 is 10.5 Å². The minimum atomic E-state index is -0.244. The number of pyridine rings is 1. The molecule has 0 bridgehead atoms. The summed E-state index contributed by atoms with van der Waals surface area (Å²) in [7, 11) is 0. The zero-order chi connectivity index (χ0) is 14.0. The third-order valence-corrected chi connectivity index (χ3v) is 4.48. The minimum Gasteiger partial charge on any atom is -0.475 e. The van der Waals surface area contributed by atoms with Crippen molar-refractivity contribution in [1.29, 1.82) is 5.26 Å². The molecule has 1 fully saturated rings. The van der Waals surface area contributed by atoms with Crippen LogP contribution in [-0.4, -0.2) is 17.1 Å². The van der Waals surface area contributed by atoms with Gasteiger partial charge >= 0.3 is 0 Å². The van der Waals surface area contributed by atoms with E-state index < -0.39 is 0 Å². The second-order valence-electron chi connectivity index (χ2n) is 6.12. The average molecular weight is 271 g/mol. The summed E-state index contributed by atoms with van der Waals surface area (Å²) in [5.41, 5.74) is 8.97. The fourth-order valence-electron chi connectivity index (χ4n) is 3.26. The van der Waals surface area contributed by atoms with E-state index in [4.69, 9.17) is 10.5 Å². The molecule has 0 unspecified atom stereocenters. The van der Waals surface area contributed by atoms with Gasteiger partial charge in [0, 0.05) is 5.69 Å². The summed E-state index contributed by atoms with van der Waals surface area (Å²) >= 11 is 0. The van der Waals surface area contributed by atoms with Gasteiger partial charge in [-0.2, -0.15) is 5.26 Å². The van der Waals surface area contributed by atoms with E-state index in [1.54, 1.807) is 0 Å². The minimum absolute atomic E-state index is 0.244. The fourth-order valence-corrected chi connectivity index (χ4v) is 3.26. The first-order chi connectivity index (χ1) is 9.70. The van der Waals surface area contributed by atoms with Crippen LogP contribution in [0.1, 0.15) is 55.3 Å². The smallest absolute Gasteiger partial charge is 0.231 e. The lowest BCUT2D eigenvalue weighted by atomic mass is 9.83. The van der Waals surface area contributed by atoms with Crippen molar-refractivity contribution in [3.8, 4) is 11.9 Å². The number of hydrogen-bond acceptors (Lipinski definition) is 4. The van der Waals surface area contributed by atoms with Crippen molar-refractivity contribution in [2.45, 2.75) is 56.9 Å². The summed E-state index contributed by atoms with van der Waals surface area (Å²) in [6, 6.07) is 4.14. The Morgan fingerprint density at radius 2 is 2.05 bits per heavy atom. The zero-order valence-electron chi connectivity index (χ0n) is 11.8. The van der Waals surface area contributed by atoms with Crippen LogP contribution in [0.2, 0.25) is 0 Å². The number of hydrogen-bond donors (Lipinski definition) is 1. The summed E-state index contributed by atoms with van der Waals surface area (Å²) in [6.45, 7) is 0.466. The van der Waals surface area contributed by atoms with Gasteiger partial charge in [-0.15, -0.1) is 0 Å². The van der Waals surface area contributed by atoms with Crippen molar-refractivity contribution < 1.29 is 4.74 Å². The molecule has 0 spiro atoms. The molecule has 3 rings (SSSR count). The Balaban J connectivity index is 1.75. The maximum Gasteiger partial charge on any atom is 0.231 e. The highest BCUT2D eigenvalue weighted by molar-refractivity contribution is 5.44. The standard InChI is InChI=1S/C16H21N3O/c17-10-13-9-12-5-4-6-14(12)19-15(13)20-11-16(18)7-2-1-3-8-16/h9H,1-8,11,18H2. The van der Waals surface area contributed by atoms with Crippen LogP contribution in [0.25, 0.3) is 0 Å². The Hall–Kier alpha value is -1.60. The highest BCUT2D eigenvalue weighted by atomic mass is 16.5. The zero-order valence-corrected chi connectivity index (χ0v) is 11.8. The highest BCUT2D eigenvalue weighted by Crippen LogP contribution is 2.29. The predicted molar refractivity (Wildman–Crippen MR) is 76.5 cm³/mol. The van der Waals surface area contributed by atoms with Crippen LogP contribution in [0, 0.1) is 11.3 Å². The number of nitrogens with zero attached hydrogens (tertiary/aromatic N) is 2. The van der Waals surface area contributed by atoms with Gasteiger partial charge < -0.3 is 10.5 Å². The van der Waals surface area contributed by atoms with Gasteiger partial charge in [0.1, 0.15) is 18.2 Å². The molecule has 0 aromatic carbocycles. The van der Waals surface area contributed by atoms with Gasteiger partial charge in [0.2, 0.25) is 5.88 Å². The number of aromatic nitrogens is 1. The monoisotopic (exact) mass is 271 g/mol. The lowest BCUT2D eigenvalue weighted by Crippen LogP contribution is -2.47. The first-order valence-corrected chi connectivity index (χ1v) is 7.55. The van der Waals surface area contributed by atoms with E-state index in [2.05, 4.69) is 11.1 Å². The molecule has 0 atom stereocenters. The molecule has 1 heterocycles. The Kier molecular flexibility index (Phi) is 3.62. The van der Waals surface area contributed by atoms with E-state index in [-0.39, 0.29) is 5.54 Å². The number of fused-ring (bicyclic) bond motifs is 1. The first-order valence-electron chi connectivity index (χ1n) is 7.55. The van der Waals surface area contributed by atoms with Crippen molar-refractivity contribution in [1.82, 2.24) is 4.98 Å². The normalized spacial score (nSPS) is 20.2. The third-order valence-electron chi connectivity index (χ3n) is 4.48. The molecule has 0 saturated heterocycles. The number of aryl methyl sites for hydroxylation is 2. The van der Waals surface area contributed by atoms with Crippen LogP contribution in [0.4, 0.5) is 0 Å². The molecule has 0 radical (unpaired) electrons. The van der Waals surface area contributed by atoms with Gasteiger partial charge in [-0.25, -0.2) is 4.98 Å². The van der Waals surface area contributed by atoms with E-state index in [1.807, 2.05) is 6.07 Å². The molecule has 20 heavy (non-hydrogen) atoms. The van der Waals surface area contributed by atoms with E-state index in [0.717, 1.165) is 37.8 Å². The number of rotatable bonds is 3. The van der Waals surface area contributed by atoms with Crippen LogP contribution in [0.15, 0.2) is 6.07 Å². The van der Waals surface area contributed by atoms with E-state index in [1.165, 1.54) is 24.8 Å². The Morgan fingerprint density at radius 1 is 1.25 bits per heavy atom. The van der Waals surface area contributed by atoms with Crippen LogP contribution in [-0.2, 0) is 12.8 Å². The van der Waals surface area contributed by atoms with Gasteiger partial charge in [-0.3, -0.25) is 0 Å². The van der Waals surface area contributed by atoms with Gasteiger partial charge in [-0.1, -0.05) is 19.3 Å². The van der Waals surface area contributed by atoms with Gasteiger partial charge in [0.05, 0.1) is 5.54 Å². The van der Waals surface area contributed by atoms with Crippen LogP contribution >= 0.6 is 0 Å². The van der Waals surface area contributed by atoms with E-state index in [0.29, 0.717) is 18.1 Å². The lowest BCUT2D eigenvalue weighted by molar-refractivity contribution is 0.168. The highest BCUT2D eigenvalue weighted by Gasteiger charge is 2.29. The largest absolute Gasteiger partial charge is 0.475 e. The Bertz CT molecular complexity index is 541. The summed E-state index contributed by atoms with van der Waals surface area (Å²) in [5, 5.41) is 9.25. The van der Waals surface area contributed by atoms with Gasteiger partial charge in [0.25, 0.3) is 0 Å². The SMILES string of the molecule is N#Cc1cc2c(nc1OCC1(N)CCCCC1)CCC2. The quantitative estimate of drug-likeness (QED) is 0.916. The summed E-state index contributed by atoms with van der Waals surface area (Å²) in [4.78, 5) is 4.54. The Labute approximate surface area is 119 Å². The Morgan fingerprint density at radius 3 is 2.80 bits per heavy atom. The number of nitrogens with two attached hydrogens (primary N) is 1. The summed E-state index contributed by atoms with van der Waals surface area (Å²) in [6.07, 6.45) is 8.74. The van der Waals surface area contributed by atoms with Crippen molar-refractivity contribution in [3.63, 3.8) is 0 Å².